The number of benzene rings is 1. The maximum Gasteiger partial charge on any atom is 0.306 e. The molecule has 0 saturated heterocycles. The maximum absolute atomic E-state index is 14.4. The Balaban J connectivity index is 1.37. The molecule has 0 spiro atoms. The summed E-state index contributed by atoms with van der Waals surface area (Å²) in [7, 11) is 0. The van der Waals surface area contributed by atoms with Crippen LogP contribution in [-0.2, 0) is 29.1 Å². The van der Waals surface area contributed by atoms with Crippen LogP contribution in [0.1, 0.15) is 48.9 Å². The number of halogens is 2. The molecule has 1 aliphatic carbocycles. The van der Waals surface area contributed by atoms with Crippen molar-refractivity contribution in [2.75, 3.05) is 6.54 Å². The van der Waals surface area contributed by atoms with Gasteiger partial charge in [0.2, 0.25) is 5.91 Å². The minimum absolute atomic E-state index is 0.0714. The third kappa shape index (κ3) is 4.29. The minimum atomic E-state index is -0.743. The first kappa shape index (κ1) is 22.5. The molecule has 1 amide bonds. The van der Waals surface area contributed by atoms with Crippen molar-refractivity contribution >= 4 is 22.9 Å². The van der Waals surface area contributed by atoms with Gasteiger partial charge in [-0.25, -0.2) is 13.8 Å². The zero-order valence-corrected chi connectivity index (χ0v) is 18.8. The summed E-state index contributed by atoms with van der Waals surface area (Å²) in [6, 6.07) is 7.45. The van der Waals surface area contributed by atoms with Crippen LogP contribution in [0.15, 0.2) is 36.5 Å². The predicted octanol–water partition coefficient (Wildman–Crippen LogP) is 4.53. The van der Waals surface area contributed by atoms with Crippen LogP contribution in [0.5, 0.6) is 0 Å². The van der Waals surface area contributed by atoms with Crippen LogP contribution in [0.4, 0.5) is 8.78 Å². The number of hydrogen-bond acceptors (Lipinski definition) is 3. The van der Waals surface area contributed by atoms with Crippen molar-refractivity contribution in [3.8, 4) is 0 Å². The largest absolute Gasteiger partial charge is 0.481 e. The first-order chi connectivity index (χ1) is 16.4. The number of pyridine rings is 1. The lowest BCUT2D eigenvalue weighted by Crippen LogP contribution is -2.38. The molecule has 1 N–H and O–H groups in total. The second-order valence-corrected chi connectivity index (χ2v) is 9.45. The van der Waals surface area contributed by atoms with E-state index in [0.29, 0.717) is 44.3 Å². The molecule has 0 atom stereocenters. The molecule has 5 rings (SSSR count). The standard InChI is InChI=1S/C26H27F2N3O3/c27-19-8-7-18(22(28)13-19)14-31-23-15-30(11-9-20(23)21-2-1-10-29-25(21)31)24(32)12-16-3-5-17(6-4-16)26(33)34/h1-2,7-8,10,13,16-17H,3-6,9,11-12,14-15H2,(H,33,34). The quantitative estimate of drug-likeness (QED) is 0.598. The Morgan fingerprint density at radius 3 is 2.65 bits per heavy atom. The number of hydrogen-bond donors (Lipinski definition) is 1. The average Bonchev–Trinajstić information content (AvgIpc) is 3.14. The second-order valence-electron chi connectivity index (χ2n) is 9.45. The van der Waals surface area contributed by atoms with Crippen molar-refractivity contribution in [3.05, 3.63) is 65.0 Å². The third-order valence-electron chi connectivity index (χ3n) is 7.37. The number of amides is 1. The summed E-state index contributed by atoms with van der Waals surface area (Å²) in [6.07, 6.45) is 5.58. The van der Waals surface area contributed by atoms with Crippen molar-refractivity contribution in [1.82, 2.24) is 14.5 Å². The van der Waals surface area contributed by atoms with Crippen LogP contribution in [0.3, 0.4) is 0 Å². The highest BCUT2D eigenvalue weighted by Crippen LogP contribution is 2.34. The second kappa shape index (κ2) is 9.16. The number of aliphatic carboxylic acids is 1. The first-order valence-electron chi connectivity index (χ1n) is 11.8. The average molecular weight is 468 g/mol. The third-order valence-corrected chi connectivity index (χ3v) is 7.37. The van der Waals surface area contributed by atoms with Gasteiger partial charge in [-0.15, -0.1) is 0 Å². The van der Waals surface area contributed by atoms with Gasteiger partial charge in [-0.3, -0.25) is 9.59 Å². The van der Waals surface area contributed by atoms with E-state index in [1.165, 1.54) is 12.1 Å². The van der Waals surface area contributed by atoms with E-state index < -0.39 is 17.6 Å². The van der Waals surface area contributed by atoms with Gasteiger partial charge >= 0.3 is 5.97 Å². The summed E-state index contributed by atoms with van der Waals surface area (Å²) in [5.74, 6) is -1.97. The molecule has 2 aromatic heterocycles. The topological polar surface area (TPSA) is 75.4 Å². The molecule has 8 heteroatoms. The lowest BCUT2D eigenvalue weighted by molar-refractivity contribution is -0.143. The summed E-state index contributed by atoms with van der Waals surface area (Å²) in [4.78, 5) is 30.7. The summed E-state index contributed by atoms with van der Waals surface area (Å²) < 4.78 is 29.8. The Morgan fingerprint density at radius 1 is 1.12 bits per heavy atom. The van der Waals surface area contributed by atoms with Gasteiger partial charge in [0.15, 0.2) is 0 Å². The van der Waals surface area contributed by atoms with Gasteiger partial charge in [-0.1, -0.05) is 6.07 Å². The van der Waals surface area contributed by atoms with Crippen molar-refractivity contribution in [2.45, 2.75) is 51.6 Å². The summed E-state index contributed by atoms with van der Waals surface area (Å²) in [5, 5.41) is 10.2. The molecular weight excluding hydrogens is 440 g/mol. The molecule has 6 nitrogen and oxygen atoms in total. The fourth-order valence-electron chi connectivity index (χ4n) is 5.45. The van der Waals surface area contributed by atoms with Crippen LogP contribution in [0, 0.1) is 23.5 Å². The van der Waals surface area contributed by atoms with Gasteiger partial charge in [0, 0.05) is 41.9 Å². The zero-order valence-electron chi connectivity index (χ0n) is 18.8. The zero-order chi connectivity index (χ0) is 23.8. The van der Waals surface area contributed by atoms with Gasteiger partial charge in [-0.05, 0) is 61.8 Å². The van der Waals surface area contributed by atoms with E-state index in [1.807, 2.05) is 21.6 Å². The molecule has 0 radical (unpaired) electrons. The maximum atomic E-state index is 14.4. The van der Waals surface area contributed by atoms with Gasteiger partial charge < -0.3 is 14.6 Å². The fraction of sp³-hybridized carbons (Fsp3) is 0.423. The molecule has 34 heavy (non-hydrogen) atoms. The normalized spacial score (nSPS) is 20.4. The Kier molecular flexibility index (Phi) is 6.06. The fourth-order valence-corrected chi connectivity index (χ4v) is 5.45. The van der Waals surface area contributed by atoms with Crippen molar-refractivity contribution in [2.24, 2.45) is 11.8 Å². The summed E-state index contributed by atoms with van der Waals surface area (Å²) in [6.45, 7) is 1.23. The van der Waals surface area contributed by atoms with E-state index in [-0.39, 0.29) is 24.3 Å². The monoisotopic (exact) mass is 467 g/mol. The highest BCUT2D eigenvalue weighted by molar-refractivity contribution is 5.84. The van der Waals surface area contributed by atoms with E-state index in [4.69, 9.17) is 0 Å². The Hall–Kier alpha value is -3.29. The number of nitrogens with zero attached hydrogens (tertiary/aromatic N) is 3. The van der Waals surface area contributed by atoms with E-state index in [0.717, 1.165) is 41.2 Å². The smallest absolute Gasteiger partial charge is 0.306 e. The van der Waals surface area contributed by atoms with E-state index in [1.54, 1.807) is 6.20 Å². The van der Waals surface area contributed by atoms with Gasteiger partial charge in [-0.2, -0.15) is 0 Å². The molecule has 3 aromatic rings. The number of aromatic nitrogens is 2. The molecule has 3 heterocycles. The highest BCUT2D eigenvalue weighted by Gasteiger charge is 2.31. The van der Waals surface area contributed by atoms with Crippen LogP contribution in [0.25, 0.3) is 11.0 Å². The lowest BCUT2D eigenvalue weighted by Gasteiger charge is -2.31. The molecule has 178 valence electrons. The molecule has 0 bridgehead atoms. The van der Waals surface area contributed by atoms with E-state index in [9.17, 15) is 23.5 Å². The molecule has 1 saturated carbocycles. The number of fused-ring (bicyclic) bond motifs is 3. The molecule has 1 aliphatic heterocycles. The molecular formula is C26H27F2N3O3. The van der Waals surface area contributed by atoms with Crippen molar-refractivity contribution in [1.29, 1.82) is 0 Å². The first-order valence-corrected chi connectivity index (χ1v) is 11.8. The van der Waals surface area contributed by atoms with Crippen molar-refractivity contribution in [3.63, 3.8) is 0 Å². The van der Waals surface area contributed by atoms with Gasteiger partial charge in [0.1, 0.15) is 17.3 Å². The Morgan fingerprint density at radius 2 is 1.91 bits per heavy atom. The summed E-state index contributed by atoms with van der Waals surface area (Å²) >= 11 is 0. The number of carboxylic acid groups (broad SMARTS) is 1. The van der Waals surface area contributed by atoms with Gasteiger partial charge in [0.25, 0.3) is 0 Å². The van der Waals surface area contributed by atoms with E-state index in [2.05, 4.69) is 4.98 Å². The number of carboxylic acids is 1. The van der Waals surface area contributed by atoms with Crippen molar-refractivity contribution < 1.29 is 23.5 Å². The van der Waals surface area contributed by atoms with Crippen LogP contribution in [0.2, 0.25) is 0 Å². The Bertz CT molecular complexity index is 1250. The molecule has 0 unspecified atom stereocenters. The predicted molar refractivity (Wildman–Crippen MR) is 122 cm³/mol. The lowest BCUT2D eigenvalue weighted by atomic mass is 9.80. The molecule has 1 fully saturated rings. The number of carbonyl (C=O) groups is 2. The molecule has 2 aliphatic rings. The Labute approximate surface area is 196 Å². The minimum Gasteiger partial charge on any atom is -0.481 e. The van der Waals surface area contributed by atoms with Gasteiger partial charge in [0.05, 0.1) is 19.0 Å². The SMILES string of the molecule is O=C(O)C1CCC(CC(=O)N2CCc3c(n(Cc4ccc(F)cc4F)c4ncccc34)C2)CC1. The van der Waals surface area contributed by atoms with E-state index >= 15 is 0 Å². The highest BCUT2D eigenvalue weighted by atomic mass is 19.1. The summed E-state index contributed by atoms with van der Waals surface area (Å²) in [5.41, 5.74) is 3.16. The number of carbonyl (C=O) groups excluding carboxylic acids is 1. The van der Waals surface area contributed by atoms with Crippen LogP contribution < -0.4 is 0 Å². The number of rotatable bonds is 5. The van der Waals surface area contributed by atoms with Crippen LogP contribution in [-0.4, -0.2) is 38.0 Å². The van der Waals surface area contributed by atoms with Crippen LogP contribution >= 0.6 is 0 Å². The molecule has 1 aromatic carbocycles.